The van der Waals surface area contributed by atoms with E-state index in [1.807, 2.05) is 31.2 Å². The molecule has 1 aromatic rings. The zero-order valence-electron chi connectivity index (χ0n) is 16.2. The van der Waals surface area contributed by atoms with Crippen LogP contribution in [0.5, 0.6) is 0 Å². The van der Waals surface area contributed by atoms with Crippen LogP contribution >= 0.6 is 39.9 Å². The van der Waals surface area contributed by atoms with Gasteiger partial charge in [-0.1, -0.05) is 15.9 Å². The lowest BCUT2D eigenvalue weighted by Gasteiger charge is -2.12. The summed E-state index contributed by atoms with van der Waals surface area (Å²) in [6, 6.07) is 7.52. The maximum absolute atomic E-state index is 12.0. The minimum atomic E-state index is -0.0344. The number of anilines is 1. The van der Waals surface area contributed by atoms with Crippen LogP contribution in [0, 0.1) is 0 Å². The summed E-state index contributed by atoms with van der Waals surface area (Å²) in [5.74, 6) is 0.686. The van der Waals surface area contributed by atoms with Gasteiger partial charge in [-0.3, -0.25) is 9.79 Å². The molecule has 1 atom stereocenters. The van der Waals surface area contributed by atoms with Crippen molar-refractivity contribution in [3.05, 3.63) is 28.7 Å². The van der Waals surface area contributed by atoms with Crippen LogP contribution in [-0.2, 0) is 14.3 Å². The van der Waals surface area contributed by atoms with Crippen molar-refractivity contribution in [2.45, 2.75) is 32.3 Å². The third kappa shape index (κ3) is 10.6. The lowest BCUT2D eigenvalue weighted by Crippen LogP contribution is -2.38. The molecule has 0 aliphatic carbocycles. The van der Waals surface area contributed by atoms with Gasteiger partial charge >= 0.3 is 0 Å². The Hall–Kier alpha value is -0.910. The summed E-state index contributed by atoms with van der Waals surface area (Å²) in [5.41, 5.74) is 0.788. The molecule has 1 aliphatic rings. The number of hydrogen-bond acceptors (Lipinski definition) is 4. The van der Waals surface area contributed by atoms with Gasteiger partial charge in [0.05, 0.1) is 12.7 Å². The summed E-state index contributed by atoms with van der Waals surface area (Å²) in [6.45, 7) is 6.17. The largest absolute Gasteiger partial charge is 0.379 e. The third-order valence-electron chi connectivity index (χ3n) is 3.93. The molecule has 9 heteroatoms. The van der Waals surface area contributed by atoms with Crippen molar-refractivity contribution in [3.63, 3.8) is 0 Å². The molecule has 1 heterocycles. The summed E-state index contributed by atoms with van der Waals surface area (Å²) in [7, 11) is 0. The van der Waals surface area contributed by atoms with Crippen LogP contribution in [0.15, 0.2) is 33.7 Å². The molecule has 0 radical (unpaired) electrons. The molecule has 0 spiro atoms. The van der Waals surface area contributed by atoms with Gasteiger partial charge in [-0.25, -0.2) is 0 Å². The van der Waals surface area contributed by atoms with Crippen LogP contribution < -0.4 is 16.0 Å². The number of ether oxygens (including phenoxy) is 2. The molecule has 1 aromatic carbocycles. The maximum atomic E-state index is 12.0. The molecule has 0 saturated carbocycles. The van der Waals surface area contributed by atoms with Crippen molar-refractivity contribution in [1.29, 1.82) is 0 Å². The highest BCUT2D eigenvalue weighted by Gasteiger charge is 2.15. The number of guanidine groups is 1. The Morgan fingerprint density at radius 1 is 1.32 bits per heavy atom. The van der Waals surface area contributed by atoms with Gasteiger partial charge in [-0.15, -0.1) is 24.0 Å². The number of carbonyl (C=O) groups excluding carboxylic acids is 1. The topological polar surface area (TPSA) is 84.0 Å². The smallest absolute Gasteiger partial charge is 0.226 e. The van der Waals surface area contributed by atoms with E-state index in [1.165, 1.54) is 0 Å². The number of aliphatic imine (C=N–C) groups is 1. The molecule has 1 amide bonds. The van der Waals surface area contributed by atoms with Gasteiger partial charge < -0.3 is 25.4 Å². The number of nitrogens with zero attached hydrogens (tertiary/aromatic N) is 1. The summed E-state index contributed by atoms with van der Waals surface area (Å²) in [4.78, 5) is 16.5. The first-order valence-electron chi connectivity index (χ1n) is 9.44. The van der Waals surface area contributed by atoms with Gasteiger partial charge in [-0.05, 0) is 44.0 Å². The third-order valence-corrected chi connectivity index (χ3v) is 4.46. The van der Waals surface area contributed by atoms with Gasteiger partial charge in [0.25, 0.3) is 0 Å². The van der Waals surface area contributed by atoms with Gasteiger partial charge in [0, 0.05) is 49.4 Å². The minimum absolute atomic E-state index is 0. The fourth-order valence-corrected chi connectivity index (χ4v) is 2.81. The second kappa shape index (κ2) is 15.0. The van der Waals surface area contributed by atoms with Gasteiger partial charge in [0.15, 0.2) is 5.96 Å². The molecule has 158 valence electrons. The van der Waals surface area contributed by atoms with Crippen LogP contribution in [0.3, 0.4) is 0 Å². The van der Waals surface area contributed by atoms with Crippen molar-refractivity contribution >= 4 is 57.5 Å². The molecule has 1 unspecified atom stereocenters. The van der Waals surface area contributed by atoms with Gasteiger partial charge in [0.2, 0.25) is 5.91 Å². The quantitative estimate of drug-likeness (QED) is 0.175. The van der Waals surface area contributed by atoms with E-state index >= 15 is 0 Å². The van der Waals surface area contributed by atoms with Crippen LogP contribution in [0.4, 0.5) is 5.69 Å². The maximum Gasteiger partial charge on any atom is 0.226 e. The molecule has 28 heavy (non-hydrogen) atoms. The highest BCUT2D eigenvalue weighted by atomic mass is 127. The van der Waals surface area contributed by atoms with Crippen LogP contribution in [0.1, 0.15) is 26.2 Å². The van der Waals surface area contributed by atoms with Gasteiger partial charge in [0.1, 0.15) is 0 Å². The van der Waals surface area contributed by atoms with Gasteiger partial charge in [-0.2, -0.15) is 0 Å². The lowest BCUT2D eigenvalue weighted by atomic mass is 10.3. The van der Waals surface area contributed by atoms with Crippen LogP contribution in [0.2, 0.25) is 0 Å². The molecular weight excluding hydrogens is 539 g/mol. The minimum Gasteiger partial charge on any atom is -0.379 e. The molecule has 0 bridgehead atoms. The van der Waals surface area contributed by atoms with Crippen LogP contribution in [0.25, 0.3) is 0 Å². The zero-order valence-corrected chi connectivity index (χ0v) is 20.1. The number of nitrogens with one attached hydrogen (secondary N) is 3. The van der Waals surface area contributed by atoms with E-state index in [1.54, 1.807) is 0 Å². The average molecular weight is 569 g/mol. The van der Waals surface area contributed by atoms with Crippen molar-refractivity contribution in [3.8, 4) is 0 Å². The normalized spacial score (nSPS) is 16.4. The standard InChI is InChI=1S/C19H29BrN4O3.HI/c1-2-21-19(22-10-3-12-27-17-9-13-26-14-17)23-11-8-18(25)24-16-6-4-15(20)5-7-16;/h4-7,17H,2-3,8-14H2,1H3,(H,24,25)(H2,21,22,23);1H. The van der Waals surface area contributed by atoms with Crippen molar-refractivity contribution in [2.75, 3.05) is 44.8 Å². The highest BCUT2D eigenvalue weighted by Crippen LogP contribution is 2.14. The fourth-order valence-electron chi connectivity index (χ4n) is 2.54. The van der Waals surface area contributed by atoms with Crippen molar-refractivity contribution in [1.82, 2.24) is 10.6 Å². The number of carbonyl (C=O) groups is 1. The number of benzene rings is 1. The molecule has 7 nitrogen and oxygen atoms in total. The monoisotopic (exact) mass is 568 g/mol. The summed E-state index contributed by atoms with van der Waals surface area (Å²) in [5, 5.41) is 9.25. The van der Waals surface area contributed by atoms with Crippen molar-refractivity contribution < 1.29 is 14.3 Å². The van der Waals surface area contributed by atoms with E-state index in [2.05, 4.69) is 36.9 Å². The Morgan fingerprint density at radius 3 is 2.79 bits per heavy atom. The number of halogens is 2. The lowest BCUT2D eigenvalue weighted by molar-refractivity contribution is -0.116. The summed E-state index contributed by atoms with van der Waals surface area (Å²) < 4.78 is 12.0. The van der Waals surface area contributed by atoms with Crippen molar-refractivity contribution in [2.24, 2.45) is 4.99 Å². The Kier molecular flexibility index (Phi) is 13.5. The predicted octanol–water partition coefficient (Wildman–Crippen LogP) is 3.15. The van der Waals surface area contributed by atoms with E-state index in [4.69, 9.17) is 9.47 Å². The Balaban J connectivity index is 0.00000392. The van der Waals surface area contributed by atoms with E-state index < -0.39 is 0 Å². The first-order valence-corrected chi connectivity index (χ1v) is 10.2. The van der Waals surface area contributed by atoms with E-state index in [0.717, 1.165) is 42.1 Å². The predicted molar refractivity (Wildman–Crippen MR) is 127 cm³/mol. The second-order valence-electron chi connectivity index (χ2n) is 6.20. The van der Waals surface area contributed by atoms with E-state index in [-0.39, 0.29) is 36.0 Å². The Morgan fingerprint density at radius 2 is 2.11 bits per heavy atom. The molecule has 1 aliphatic heterocycles. The molecule has 0 aromatic heterocycles. The summed E-state index contributed by atoms with van der Waals surface area (Å²) >= 11 is 3.38. The molecule has 1 fully saturated rings. The zero-order chi connectivity index (χ0) is 19.3. The summed E-state index contributed by atoms with van der Waals surface area (Å²) in [6.07, 6.45) is 2.45. The highest BCUT2D eigenvalue weighted by molar-refractivity contribution is 14.0. The fraction of sp³-hybridized carbons (Fsp3) is 0.579. The van der Waals surface area contributed by atoms with Crippen LogP contribution in [-0.4, -0.2) is 57.4 Å². The molecule has 1 saturated heterocycles. The first kappa shape index (κ1) is 25.1. The van der Waals surface area contributed by atoms with E-state index in [0.29, 0.717) is 32.7 Å². The van der Waals surface area contributed by atoms with E-state index in [9.17, 15) is 4.79 Å². The Bertz CT molecular complexity index is 595. The SMILES string of the molecule is CCNC(=NCCCOC1CCOC1)NCCC(=O)Nc1ccc(Br)cc1.I. The second-order valence-corrected chi connectivity index (χ2v) is 7.12. The average Bonchev–Trinajstić information content (AvgIpc) is 3.17. The number of hydrogen-bond donors (Lipinski definition) is 3. The first-order chi connectivity index (χ1) is 13.2. The number of rotatable bonds is 10. The molecule has 2 rings (SSSR count). The molecular formula is C19H30BrIN4O3. The Labute approximate surface area is 192 Å². The number of amides is 1. The molecule has 3 N–H and O–H groups in total.